The first-order valence-corrected chi connectivity index (χ1v) is 14.0. The third kappa shape index (κ3) is 5.31. The van der Waals surface area contributed by atoms with Crippen LogP contribution in [0.3, 0.4) is 0 Å². The lowest BCUT2D eigenvalue weighted by Crippen LogP contribution is -2.16. The molecule has 0 aliphatic rings. The number of amides is 2. The molecule has 0 spiro atoms. The van der Waals surface area contributed by atoms with Gasteiger partial charge in [-0.3, -0.25) is 9.59 Å². The molecule has 12 heteroatoms. The number of benzene rings is 1. The van der Waals surface area contributed by atoms with Gasteiger partial charge in [0.05, 0.1) is 23.3 Å². The maximum atomic E-state index is 12.8. The van der Waals surface area contributed by atoms with Crippen LogP contribution in [0.1, 0.15) is 37.4 Å². The smallest absolute Gasteiger partial charge is 0.341 e. The molecule has 3 heterocycles. The molecule has 1 aromatic carbocycles. The summed E-state index contributed by atoms with van der Waals surface area (Å²) in [6.45, 7) is 6.30. The van der Waals surface area contributed by atoms with Gasteiger partial charge in [-0.15, -0.1) is 32.9 Å². The fourth-order valence-corrected chi connectivity index (χ4v) is 6.67. The molecule has 0 unspecified atom stereocenters. The van der Waals surface area contributed by atoms with Crippen LogP contribution < -0.4 is 11.1 Å². The summed E-state index contributed by atoms with van der Waals surface area (Å²) < 4.78 is 6.80. The number of nitrogens with two attached hydrogens (primary N) is 1. The number of thiophene rings is 2. The Morgan fingerprint density at radius 3 is 2.54 bits per heavy atom. The van der Waals surface area contributed by atoms with Gasteiger partial charge in [-0.2, -0.15) is 0 Å². The monoisotopic (exact) mass is 555 g/mol. The van der Waals surface area contributed by atoms with Crippen molar-refractivity contribution in [3.8, 4) is 22.5 Å². The van der Waals surface area contributed by atoms with Crippen molar-refractivity contribution in [2.45, 2.75) is 32.5 Å². The maximum Gasteiger partial charge on any atom is 0.341 e. The summed E-state index contributed by atoms with van der Waals surface area (Å²) in [4.78, 5) is 38.2. The molecule has 0 saturated heterocycles. The first kappa shape index (κ1) is 26.6. The topological polar surface area (TPSA) is 129 Å². The highest BCUT2D eigenvalue weighted by Crippen LogP contribution is 2.39. The average molecular weight is 556 g/mol. The Hall–Kier alpha value is -3.48. The number of hydrogen-bond donors (Lipinski definition) is 2. The number of anilines is 1. The van der Waals surface area contributed by atoms with Gasteiger partial charge in [0.1, 0.15) is 5.00 Å². The SMILES string of the molecule is CCn1c(SCC(=O)Nc2sc(C(N)=O)c(C)c2C(=O)OC)nnc1-c1csc(C)c1-c1ccccc1. The molecule has 4 rings (SSSR count). The summed E-state index contributed by atoms with van der Waals surface area (Å²) in [6.07, 6.45) is 0. The Morgan fingerprint density at radius 1 is 1.16 bits per heavy atom. The number of nitrogens with zero attached hydrogens (tertiary/aromatic N) is 3. The van der Waals surface area contributed by atoms with E-state index < -0.39 is 11.9 Å². The zero-order valence-electron chi connectivity index (χ0n) is 20.7. The third-order valence-electron chi connectivity index (χ3n) is 5.66. The van der Waals surface area contributed by atoms with Crippen molar-refractivity contribution in [1.82, 2.24) is 14.8 Å². The van der Waals surface area contributed by atoms with E-state index in [9.17, 15) is 14.4 Å². The van der Waals surface area contributed by atoms with E-state index >= 15 is 0 Å². The third-order valence-corrected chi connectivity index (χ3v) is 8.76. The van der Waals surface area contributed by atoms with E-state index in [2.05, 4.69) is 40.0 Å². The number of aromatic nitrogens is 3. The summed E-state index contributed by atoms with van der Waals surface area (Å²) >= 11 is 3.85. The molecule has 0 aliphatic carbocycles. The van der Waals surface area contributed by atoms with Crippen molar-refractivity contribution in [3.63, 3.8) is 0 Å². The predicted molar refractivity (Wildman–Crippen MR) is 147 cm³/mol. The standard InChI is InChI=1S/C25H25N5O4S3/c1-5-30-22(16-11-35-14(3)19(16)15-9-7-6-8-10-15)28-29-25(30)36-12-17(31)27-23-18(24(33)34-4)13(2)20(37-23)21(26)32/h6-11H,5,12H2,1-4H3,(H2,26,32)(H,27,31). The Bertz CT molecular complexity index is 1470. The minimum absolute atomic E-state index is 0.0236. The quantitative estimate of drug-likeness (QED) is 0.220. The van der Waals surface area contributed by atoms with Crippen molar-refractivity contribution in [2.24, 2.45) is 5.73 Å². The van der Waals surface area contributed by atoms with Crippen molar-refractivity contribution in [1.29, 1.82) is 0 Å². The Kier molecular flexibility index (Phi) is 8.10. The summed E-state index contributed by atoms with van der Waals surface area (Å²) in [6, 6.07) is 10.1. The number of ether oxygens (including phenoxy) is 1. The predicted octanol–water partition coefficient (Wildman–Crippen LogP) is 4.99. The Balaban J connectivity index is 1.55. The van der Waals surface area contributed by atoms with Crippen LogP contribution in [0, 0.1) is 13.8 Å². The van der Waals surface area contributed by atoms with E-state index in [1.165, 1.54) is 23.7 Å². The van der Waals surface area contributed by atoms with Gasteiger partial charge in [-0.05, 0) is 31.9 Å². The fourth-order valence-electron chi connectivity index (χ4n) is 3.94. The van der Waals surface area contributed by atoms with Gasteiger partial charge in [-0.1, -0.05) is 42.1 Å². The van der Waals surface area contributed by atoms with E-state index in [-0.39, 0.29) is 27.1 Å². The second kappa shape index (κ2) is 11.3. The van der Waals surface area contributed by atoms with E-state index in [1.54, 1.807) is 18.3 Å². The highest BCUT2D eigenvalue weighted by molar-refractivity contribution is 7.99. The molecule has 0 saturated carbocycles. The summed E-state index contributed by atoms with van der Waals surface area (Å²) in [5, 5.41) is 14.4. The van der Waals surface area contributed by atoms with Gasteiger partial charge in [0, 0.05) is 27.9 Å². The van der Waals surface area contributed by atoms with Crippen LogP contribution in [-0.2, 0) is 16.1 Å². The normalized spacial score (nSPS) is 10.9. The van der Waals surface area contributed by atoms with Crippen molar-refractivity contribution >= 4 is 57.2 Å². The molecule has 3 aromatic heterocycles. The first-order chi connectivity index (χ1) is 17.8. The van der Waals surface area contributed by atoms with Crippen LogP contribution >= 0.6 is 34.4 Å². The maximum absolute atomic E-state index is 12.8. The number of primary amides is 1. The lowest BCUT2D eigenvalue weighted by Gasteiger charge is -2.09. The second-order valence-corrected chi connectivity index (χ2v) is 11.0. The number of carbonyl (C=O) groups excluding carboxylic acids is 3. The highest BCUT2D eigenvalue weighted by Gasteiger charge is 2.26. The van der Waals surface area contributed by atoms with Crippen LogP contribution in [0.5, 0.6) is 0 Å². The summed E-state index contributed by atoms with van der Waals surface area (Å²) in [5.74, 6) is -0.933. The molecule has 0 aliphatic heterocycles. The molecule has 0 atom stereocenters. The van der Waals surface area contributed by atoms with Crippen LogP contribution in [-0.4, -0.2) is 45.4 Å². The van der Waals surface area contributed by atoms with E-state index in [0.717, 1.165) is 33.9 Å². The number of methoxy groups -OCH3 is 1. The number of thioether (sulfide) groups is 1. The molecule has 9 nitrogen and oxygen atoms in total. The minimum Gasteiger partial charge on any atom is -0.465 e. The molecule has 0 fully saturated rings. The molecule has 3 N–H and O–H groups in total. The van der Waals surface area contributed by atoms with E-state index in [4.69, 9.17) is 10.5 Å². The molecule has 0 bridgehead atoms. The van der Waals surface area contributed by atoms with Crippen LogP contribution in [0.25, 0.3) is 22.5 Å². The van der Waals surface area contributed by atoms with Crippen molar-refractivity contribution in [2.75, 3.05) is 18.2 Å². The summed E-state index contributed by atoms with van der Waals surface area (Å²) in [7, 11) is 1.23. The van der Waals surface area contributed by atoms with Gasteiger partial charge >= 0.3 is 5.97 Å². The van der Waals surface area contributed by atoms with Crippen LogP contribution in [0.2, 0.25) is 0 Å². The highest BCUT2D eigenvalue weighted by atomic mass is 32.2. The molecule has 192 valence electrons. The lowest BCUT2D eigenvalue weighted by atomic mass is 10.0. The second-order valence-electron chi connectivity index (χ2n) is 7.95. The van der Waals surface area contributed by atoms with Gasteiger partial charge < -0.3 is 20.4 Å². The molecule has 0 radical (unpaired) electrons. The van der Waals surface area contributed by atoms with Gasteiger partial charge in [0.25, 0.3) is 5.91 Å². The Labute approximate surface area is 226 Å². The van der Waals surface area contributed by atoms with Gasteiger partial charge in [-0.25, -0.2) is 4.79 Å². The number of hydrogen-bond acceptors (Lipinski definition) is 9. The lowest BCUT2D eigenvalue weighted by molar-refractivity contribution is -0.113. The number of aryl methyl sites for hydroxylation is 1. The van der Waals surface area contributed by atoms with Crippen molar-refractivity contribution in [3.05, 3.63) is 56.6 Å². The van der Waals surface area contributed by atoms with Crippen molar-refractivity contribution < 1.29 is 19.1 Å². The molecular weight excluding hydrogens is 531 g/mol. The van der Waals surface area contributed by atoms with Gasteiger partial charge in [0.2, 0.25) is 5.91 Å². The number of nitrogens with one attached hydrogen (secondary N) is 1. The first-order valence-electron chi connectivity index (χ1n) is 11.3. The van der Waals surface area contributed by atoms with E-state index in [0.29, 0.717) is 17.3 Å². The number of esters is 1. The van der Waals surface area contributed by atoms with Crippen LogP contribution in [0.4, 0.5) is 5.00 Å². The van der Waals surface area contributed by atoms with Crippen LogP contribution in [0.15, 0.2) is 40.9 Å². The van der Waals surface area contributed by atoms with Gasteiger partial charge in [0.15, 0.2) is 11.0 Å². The Morgan fingerprint density at radius 2 is 1.89 bits per heavy atom. The number of rotatable bonds is 9. The minimum atomic E-state index is -0.676. The zero-order chi connectivity index (χ0) is 26.7. The molecule has 37 heavy (non-hydrogen) atoms. The van der Waals surface area contributed by atoms with E-state index in [1.807, 2.05) is 29.7 Å². The summed E-state index contributed by atoms with van der Waals surface area (Å²) in [5.41, 5.74) is 9.15. The molecular formula is C25H25N5O4S3. The molecule has 2 amide bonds. The number of carbonyl (C=O) groups is 3. The fraction of sp³-hybridized carbons (Fsp3) is 0.240. The zero-order valence-corrected chi connectivity index (χ0v) is 23.1. The largest absolute Gasteiger partial charge is 0.465 e. The average Bonchev–Trinajstić information content (AvgIpc) is 3.57. The molecule has 4 aromatic rings.